The second-order valence-electron chi connectivity index (χ2n) is 3.92. The molecule has 0 saturated carbocycles. The van der Waals surface area contributed by atoms with E-state index in [1.807, 2.05) is 0 Å². The van der Waals surface area contributed by atoms with Gasteiger partial charge < -0.3 is 20.8 Å². The van der Waals surface area contributed by atoms with Gasteiger partial charge in [0.25, 0.3) is 5.69 Å². The summed E-state index contributed by atoms with van der Waals surface area (Å²) in [5, 5.41) is 32.5. The van der Waals surface area contributed by atoms with Crippen molar-refractivity contribution in [3.63, 3.8) is 0 Å². The van der Waals surface area contributed by atoms with Gasteiger partial charge in [0.15, 0.2) is 0 Å². The highest BCUT2D eigenvalue weighted by Crippen LogP contribution is 2.27. The van der Waals surface area contributed by atoms with Crippen LogP contribution in [0.2, 0.25) is 5.02 Å². The Balaban J connectivity index is 2.77. The van der Waals surface area contributed by atoms with Gasteiger partial charge in [-0.3, -0.25) is 10.1 Å². The first-order chi connectivity index (χ1) is 9.85. The molecule has 1 atom stereocenters. The van der Waals surface area contributed by atoms with Crippen LogP contribution in [-0.4, -0.2) is 39.8 Å². The number of nitro benzene ring substituents is 1. The van der Waals surface area contributed by atoms with Crippen molar-refractivity contribution < 1.29 is 24.7 Å². The predicted octanol–water partition coefficient (Wildman–Crippen LogP) is 1.21. The number of amides is 2. The second kappa shape index (κ2) is 7.41. The molecule has 0 spiro atoms. The molecule has 0 fully saturated rings. The molecule has 21 heavy (non-hydrogen) atoms. The standard InChI is InChI=1S/C11H12ClN3O6/c12-7-2-1-6(5-9(7)15(20)21)13-11(19)14-8(3-4-16)10(17)18/h1-2,5,8,16H,3-4H2,(H,17,18)(H2,13,14,19). The molecule has 114 valence electrons. The molecule has 0 saturated heterocycles. The van der Waals surface area contributed by atoms with Crippen molar-refractivity contribution in [3.8, 4) is 0 Å². The number of hydrogen-bond acceptors (Lipinski definition) is 5. The largest absolute Gasteiger partial charge is 0.480 e. The van der Waals surface area contributed by atoms with E-state index < -0.39 is 29.6 Å². The number of carboxylic acid groups (broad SMARTS) is 1. The van der Waals surface area contributed by atoms with E-state index in [-0.39, 0.29) is 22.8 Å². The average molecular weight is 318 g/mol. The van der Waals surface area contributed by atoms with Gasteiger partial charge in [-0.1, -0.05) is 11.6 Å². The summed E-state index contributed by atoms with van der Waals surface area (Å²) in [6.07, 6.45) is -0.163. The van der Waals surface area contributed by atoms with Crippen LogP contribution in [0.4, 0.5) is 16.2 Å². The zero-order valence-corrected chi connectivity index (χ0v) is 11.3. The first kappa shape index (κ1) is 16.7. The summed E-state index contributed by atoms with van der Waals surface area (Å²) in [6, 6.07) is 1.47. The monoisotopic (exact) mass is 317 g/mol. The van der Waals surface area contributed by atoms with E-state index in [1.165, 1.54) is 12.1 Å². The van der Waals surface area contributed by atoms with Gasteiger partial charge in [0.2, 0.25) is 0 Å². The van der Waals surface area contributed by atoms with Gasteiger partial charge in [-0.05, 0) is 12.1 Å². The predicted molar refractivity (Wildman–Crippen MR) is 73.4 cm³/mol. The summed E-state index contributed by atoms with van der Waals surface area (Å²) in [4.78, 5) is 32.4. The van der Waals surface area contributed by atoms with Crippen molar-refractivity contribution >= 4 is 35.0 Å². The van der Waals surface area contributed by atoms with Gasteiger partial charge >= 0.3 is 12.0 Å². The molecule has 1 aromatic rings. The molecule has 10 heteroatoms. The third-order valence-electron chi connectivity index (χ3n) is 2.42. The zero-order valence-electron chi connectivity index (χ0n) is 10.6. The van der Waals surface area contributed by atoms with Gasteiger partial charge in [-0.15, -0.1) is 0 Å². The number of carbonyl (C=O) groups is 2. The fourth-order valence-electron chi connectivity index (χ4n) is 1.44. The van der Waals surface area contributed by atoms with Crippen LogP contribution in [0.25, 0.3) is 0 Å². The smallest absolute Gasteiger partial charge is 0.326 e. The van der Waals surface area contributed by atoms with Crippen molar-refractivity contribution in [2.24, 2.45) is 0 Å². The number of aliphatic hydroxyl groups is 1. The molecule has 1 aromatic carbocycles. The molecule has 9 nitrogen and oxygen atoms in total. The molecular weight excluding hydrogens is 306 g/mol. The van der Waals surface area contributed by atoms with Crippen LogP contribution in [0.5, 0.6) is 0 Å². The van der Waals surface area contributed by atoms with E-state index in [0.717, 1.165) is 6.07 Å². The minimum Gasteiger partial charge on any atom is -0.480 e. The second-order valence-corrected chi connectivity index (χ2v) is 4.33. The number of rotatable bonds is 6. The van der Waals surface area contributed by atoms with Crippen molar-refractivity contribution in [1.82, 2.24) is 5.32 Å². The number of nitrogens with zero attached hydrogens (tertiary/aromatic N) is 1. The molecule has 0 heterocycles. The zero-order chi connectivity index (χ0) is 16.0. The minimum absolute atomic E-state index is 0.0803. The Hall–Kier alpha value is -2.39. The topological polar surface area (TPSA) is 142 Å². The lowest BCUT2D eigenvalue weighted by molar-refractivity contribution is -0.384. The maximum Gasteiger partial charge on any atom is 0.326 e. The molecule has 0 radical (unpaired) electrons. The fraction of sp³-hybridized carbons (Fsp3) is 0.273. The van der Waals surface area contributed by atoms with Gasteiger partial charge in [-0.25, -0.2) is 9.59 Å². The average Bonchev–Trinajstić information content (AvgIpc) is 2.40. The van der Waals surface area contributed by atoms with Crippen molar-refractivity contribution in [2.75, 3.05) is 11.9 Å². The van der Waals surface area contributed by atoms with Crippen LogP contribution in [0, 0.1) is 10.1 Å². The lowest BCUT2D eigenvalue weighted by Gasteiger charge is -2.14. The summed E-state index contributed by atoms with van der Waals surface area (Å²) in [5.74, 6) is -1.30. The van der Waals surface area contributed by atoms with Crippen LogP contribution in [-0.2, 0) is 4.79 Å². The van der Waals surface area contributed by atoms with Gasteiger partial charge in [0.1, 0.15) is 11.1 Å². The minimum atomic E-state index is -1.30. The van der Waals surface area contributed by atoms with E-state index in [2.05, 4.69) is 10.6 Å². The van der Waals surface area contributed by atoms with Crippen molar-refractivity contribution in [2.45, 2.75) is 12.5 Å². The molecule has 0 aliphatic heterocycles. The number of hydrogen-bond donors (Lipinski definition) is 4. The molecule has 0 aliphatic carbocycles. The number of anilines is 1. The quantitative estimate of drug-likeness (QED) is 0.459. The lowest BCUT2D eigenvalue weighted by atomic mass is 10.2. The van der Waals surface area contributed by atoms with Gasteiger partial charge in [0.05, 0.1) is 4.92 Å². The number of aliphatic carboxylic acids is 1. The molecule has 4 N–H and O–H groups in total. The summed E-state index contributed by atoms with van der Waals surface area (Å²) in [5.41, 5.74) is -0.309. The maximum absolute atomic E-state index is 11.6. The molecule has 0 aliphatic rings. The third kappa shape index (κ3) is 4.89. The Bertz CT molecular complexity index is 565. The van der Waals surface area contributed by atoms with E-state index in [0.29, 0.717) is 0 Å². The summed E-state index contributed by atoms with van der Waals surface area (Å²) >= 11 is 5.62. The summed E-state index contributed by atoms with van der Waals surface area (Å²) in [6.45, 7) is -0.413. The van der Waals surface area contributed by atoms with Crippen LogP contribution in [0.3, 0.4) is 0 Å². The highest BCUT2D eigenvalue weighted by atomic mass is 35.5. The number of urea groups is 1. The van der Waals surface area contributed by atoms with Gasteiger partial charge in [0, 0.05) is 24.8 Å². The number of aliphatic hydroxyl groups excluding tert-OH is 1. The number of halogens is 1. The Morgan fingerprint density at radius 2 is 2.10 bits per heavy atom. The van der Waals surface area contributed by atoms with E-state index in [4.69, 9.17) is 21.8 Å². The molecule has 1 rings (SSSR count). The van der Waals surface area contributed by atoms with Crippen molar-refractivity contribution in [3.05, 3.63) is 33.3 Å². The van der Waals surface area contributed by atoms with Crippen LogP contribution < -0.4 is 10.6 Å². The molecule has 0 aromatic heterocycles. The van der Waals surface area contributed by atoms with Crippen LogP contribution >= 0.6 is 11.6 Å². The molecular formula is C11H12ClN3O6. The first-order valence-corrected chi connectivity index (χ1v) is 6.08. The Labute approximate surface area is 123 Å². The Kier molecular flexibility index (Phi) is 5.88. The number of nitro groups is 1. The van der Waals surface area contributed by atoms with Gasteiger partial charge in [-0.2, -0.15) is 0 Å². The number of carbonyl (C=O) groups excluding carboxylic acids is 1. The van der Waals surface area contributed by atoms with Crippen molar-refractivity contribution in [1.29, 1.82) is 0 Å². The molecule has 1 unspecified atom stereocenters. The van der Waals surface area contributed by atoms with E-state index >= 15 is 0 Å². The number of carboxylic acids is 1. The fourth-order valence-corrected chi connectivity index (χ4v) is 1.63. The van der Waals surface area contributed by atoms with Crippen LogP contribution in [0.1, 0.15) is 6.42 Å². The third-order valence-corrected chi connectivity index (χ3v) is 2.74. The SMILES string of the molecule is O=C(Nc1ccc(Cl)c([N+](=O)[O-])c1)NC(CCO)C(=O)O. The normalized spacial score (nSPS) is 11.5. The summed E-state index contributed by atoms with van der Waals surface area (Å²) < 4.78 is 0. The number of benzene rings is 1. The molecule has 2 amide bonds. The van der Waals surface area contributed by atoms with Crippen LogP contribution in [0.15, 0.2) is 18.2 Å². The highest BCUT2D eigenvalue weighted by molar-refractivity contribution is 6.32. The lowest BCUT2D eigenvalue weighted by Crippen LogP contribution is -2.43. The van der Waals surface area contributed by atoms with E-state index in [9.17, 15) is 19.7 Å². The summed E-state index contributed by atoms with van der Waals surface area (Å²) in [7, 11) is 0. The van der Waals surface area contributed by atoms with E-state index in [1.54, 1.807) is 0 Å². The maximum atomic E-state index is 11.6. The first-order valence-electron chi connectivity index (χ1n) is 5.70. The molecule has 0 bridgehead atoms. The number of nitrogens with one attached hydrogen (secondary N) is 2. The Morgan fingerprint density at radius 3 is 2.62 bits per heavy atom. The highest BCUT2D eigenvalue weighted by Gasteiger charge is 2.20. The Morgan fingerprint density at radius 1 is 1.43 bits per heavy atom.